The van der Waals surface area contributed by atoms with Gasteiger partial charge in [0, 0.05) is 32.2 Å². The number of para-hydroxylation sites is 1. The van der Waals surface area contributed by atoms with Gasteiger partial charge in [-0.25, -0.2) is 4.79 Å². The number of benzene rings is 2. The van der Waals surface area contributed by atoms with E-state index in [1.165, 1.54) is 9.47 Å². The lowest BCUT2D eigenvalue weighted by Gasteiger charge is -2.15. The average Bonchev–Trinajstić information content (AvgIpc) is 3.18. The lowest BCUT2D eigenvalue weighted by molar-refractivity contribution is 0.101. The number of hydrogen-bond acceptors (Lipinski definition) is 2. The molecule has 4 aromatic rings. The van der Waals surface area contributed by atoms with Crippen LogP contribution in [0.1, 0.15) is 16.1 Å². The Morgan fingerprint density at radius 1 is 0.964 bits per heavy atom. The van der Waals surface area contributed by atoms with Crippen molar-refractivity contribution in [1.82, 2.24) is 14.0 Å². The number of hydrogen-bond donors (Lipinski definition) is 1. The Hall–Kier alpha value is -3.54. The van der Waals surface area contributed by atoms with Crippen molar-refractivity contribution in [3.63, 3.8) is 0 Å². The second-order valence-corrected chi connectivity index (χ2v) is 7.18. The zero-order valence-electron chi connectivity index (χ0n) is 16.4. The summed E-state index contributed by atoms with van der Waals surface area (Å²) in [5.41, 5.74) is 4.65. The first-order chi connectivity index (χ1) is 13.4. The van der Waals surface area contributed by atoms with Crippen LogP contribution in [0.15, 0.2) is 54.6 Å². The minimum absolute atomic E-state index is 0.263. The summed E-state index contributed by atoms with van der Waals surface area (Å²) in [5, 5.41) is 3.85. The van der Waals surface area contributed by atoms with Crippen LogP contribution in [0.4, 0.5) is 10.5 Å². The van der Waals surface area contributed by atoms with Gasteiger partial charge in [0.05, 0.1) is 16.6 Å². The standard InChI is InChI=1S/C22H22N4O2/c1-14-8-7-9-15(12-14)23-21(27)19-13-18-20(26(19)22(28)24(2)3)16-10-5-6-11-17(16)25(18)4/h5-13H,1-4H3,(H,23,27). The van der Waals surface area contributed by atoms with E-state index in [4.69, 9.17) is 0 Å². The maximum atomic E-state index is 13.1. The van der Waals surface area contributed by atoms with Crippen molar-refractivity contribution in [3.8, 4) is 0 Å². The first kappa shape index (κ1) is 17.9. The molecule has 0 radical (unpaired) electrons. The second kappa shape index (κ2) is 6.56. The molecule has 0 saturated carbocycles. The van der Waals surface area contributed by atoms with Gasteiger partial charge in [-0.2, -0.15) is 0 Å². The van der Waals surface area contributed by atoms with Crippen molar-refractivity contribution in [2.45, 2.75) is 6.92 Å². The van der Waals surface area contributed by atoms with Gasteiger partial charge in [-0.1, -0.05) is 30.3 Å². The Labute approximate surface area is 163 Å². The van der Waals surface area contributed by atoms with Crippen LogP contribution in [0.5, 0.6) is 0 Å². The first-order valence-corrected chi connectivity index (χ1v) is 9.07. The van der Waals surface area contributed by atoms with E-state index in [9.17, 15) is 9.59 Å². The Bertz CT molecular complexity index is 1230. The number of anilines is 1. The Morgan fingerprint density at radius 2 is 1.71 bits per heavy atom. The fourth-order valence-corrected chi connectivity index (χ4v) is 3.59. The highest BCUT2D eigenvalue weighted by atomic mass is 16.2. The largest absolute Gasteiger partial charge is 0.342 e. The molecular weight excluding hydrogens is 352 g/mol. The molecule has 0 atom stereocenters. The average molecular weight is 374 g/mol. The molecule has 2 aromatic heterocycles. The smallest absolute Gasteiger partial charge is 0.328 e. The van der Waals surface area contributed by atoms with Gasteiger partial charge in [0.25, 0.3) is 5.91 Å². The molecule has 28 heavy (non-hydrogen) atoms. The quantitative estimate of drug-likeness (QED) is 0.571. The molecule has 6 nitrogen and oxygen atoms in total. The maximum absolute atomic E-state index is 13.1. The number of aryl methyl sites for hydroxylation is 2. The molecule has 0 aliphatic heterocycles. The highest BCUT2D eigenvalue weighted by Gasteiger charge is 2.25. The van der Waals surface area contributed by atoms with Crippen molar-refractivity contribution >= 4 is 39.6 Å². The number of carbonyl (C=O) groups excluding carboxylic acids is 2. The summed E-state index contributed by atoms with van der Waals surface area (Å²) in [5.74, 6) is -0.318. The predicted octanol–water partition coefficient (Wildman–Crippen LogP) is 4.22. The highest BCUT2D eigenvalue weighted by molar-refractivity contribution is 6.16. The normalized spacial score (nSPS) is 11.1. The predicted molar refractivity (Wildman–Crippen MR) is 112 cm³/mol. The van der Waals surface area contributed by atoms with Crippen LogP contribution in [-0.2, 0) is 7.05 Å². The molecule has 0 aliphatic rings. The molecule has 1 N–H and O–H groups in total. The van der Waals surface area contributed by atoms with Crippen LogP contribution < -0.4 is 5.32 Å². The van der Waals surface area contributed by atoms with Gasteiger partial charge < -0.3 is 14.8 Å². The van der Waals surface area contributed by atoms with E-state index in [-0.39, 0.29) is 11.9 Å². The van der Waals surface area contributed by atoms with Crippen molar-refractivity contribution in [2.24, 2.45) is 7.05 Å². The van der Waals surface area contributed by atoms with E-state index in [1.54, 1.807) is 20.2 Å². The summed E-state index contributed by atoms with van der Waals surface area (Å²) >= 11 is 0. The fourth-order valence-electron chi connectivity index (χ4n) is 3.59. The van der Waals surface area contributed by atoms with Crippen molar-refractivity contribution < 1.29 is 9.59 Å². The minimum atomic E-state index is -0.318. The number of nitrogens with one attached hydrogen (secondary N) is 1. The van der Waals surface area contributed by atoms with Crippen LogP contribution in [0.3, 0.4) is 0 Å². The van der Waals surface area contributed by atoms with Gasteiger partial charge in [-0.3, -0.25) is 9.36 Å². The molecule has 4 rings (SSSR count). The van der Waals surface area contributed by atoms with E-state index in [0.29, 0.717) is 11.4 Å². The molecule has 0 spiro atoms. The van der Waals surface area contributed by atoms with Crippen LogP contribution in [0, 0.1) is 6.92 Å². The molecule has 0 saturated heterocycles. The summed E-state index contributed by atoms with van der Waals surface area (Å²) in [6.07, 6.45) is 0. The van der Waals surface area contributed by atoms with Gasteiger partial charge in [-0.15, -0.1) is 0 Å². The maximum Gasteiger partial charge on any atom is 0.328 e. The third kappa shape index (κ3) is 2.74. The molecule has 142 valence electrons. The monoisotopic (exact) mass is 374 g/mol. The number of aromatic nitrogens is 2. The summed E-state index contributed by atoms with van der Waals surface area (Å²) in [4.78, 5) is 27.6. The minimum Gasteiger partial charge on any atom is -0.342 e. The molecule has 6 heteroatoms. The summed E-state index contributed by atoms with van der Waals surface area (Å²) in [7, 11) is 5.31. The van der Waals surface area contributed by atoms with Crippen LogP contribution >= 0.6 is 0 Å². The van der Waals surface area contributed by atoms with Gasteiger partial charge in [0.15, 0.2) is 0 Å². The van der Waals surface area contributed by atoms with Crippen LogP contribution in [0.25, 0.3) is 21.9 Å². The molecule has 2 aromatic carbocycles. The van der Waals surface area contributed by atoms with E-state index < -0.39 is 0 Å². The molecule has 0 bridgehead atoms. The van der Waals surface area contributed by atoms with E-state index in [2.05, 4.69) is 5.32 Å². The molecule has 2 heterocycles. The molecular formula is C22H22N4O2. The first-order valence-electron chi connectivity index (χ1n) is 9.07. The van der Waals surface area contributed by atoms with E-state index in [0.717, 1.165) is 27.5 Å². The van der Waals surface area contributed by atoms with E-state index >= 15 is 0 Å². The summed E-state index contributed by atoms with van der Waals surface area (Å²) in [6, 6.07) is 17.0. The van der Waals surface area contributed by atoms with Gasteiger partial charge in [-0.05, 0) is 36.8 Å². The third-order valence-corrected chi connectivity index (χ3v) is 4.94. The molecule has 0 aliphatic carbocycles. The second-order valence-electron chi connectivity index (χ2n) is 7.18. The fraction of sp³-hybridized carbons (Fsp3) is 0.182. The Morgan fingerprint density at radius 3 is 2.43 bits per heavy atom. The molecule has 2 amide bonds. The van der Waals surface area contributed by atoms with Crippen LogP contribution in [0.2, 0.25) is 0 Å². The van der Waals surface area contributed by atoms with Gasteiger partial charge in [0.2, 0.25) is 0 Å². The number of nitrogens with zero attached hydrogens (tertiary/aromatic N) is 3. The van der Waals surface area contributed by atoms with Crippen LogP contribution in [-0.4, -0.2) is 40.1 Å². The lowest BCUT2D eigenvalue weighted by Crippen LogP contribution is -2.30. The lowest BCUT2D eigenvalue weighted by atomic mass is 10.2. The molecule has 0 fully saturated rings. The number of amides is 2. The van der Waals surface area contributed by atoms with Gasteiger partial charge >= 0.3 is 6.03 Å². The SMILES string of the molecule is Cc1cccc(NC(=O)c2cc3c(c4ccccc4n3C)n2C(=O)N(C)C)c1. The highest BCUT2D eigenvalue weighted by Crippen LogP contribution is 2.31. The van der Waals surface area contributed by atoms with Gasteiger partial charge in [0.1, 0.15) is 5.69 Å². The number of fused-ring (bicyclic) bond motifs is 3. The molecule has 0 unspecified atom stereocenters. The Balaban J connectivity index is 1.92. The van der Waals surface area contributed by atoms with Crippen molar-refractivity contribution in [3.05, 3.63) is 65.9 Å². The number of rotatable bonds is 2. The summed E-state index contributed by atoms with van der Waals surface area (Å²) < 4.78 is 3.51. The summed E-state index contributed by atoms with van der Waals surface area (Å²) in [6.45, 7) is 1.97. The topological polar surface area (TPSA) is 59.3 Å². The van der Waals surface area contributed by atoms with E-state index in [1.807, 2.05) is 67.1 Å². The zero-order valence-corrected chi connectivity index (χ0v) is 16.4. The Kier molecular flexibility index (Phi) is 4.19. The zero-order chi connectivity index (χ0) is 20.0. The van der Waals surface area contributed by atoms with Crippen molar-refractivity contribution in [1.29, 1.82) is 0 Å². The van der Waals surface area contributed by atoms with Crippen molar-refractivity contribution in [2.75, 3.05) is 19.4 Å². The third-order valence-electron chi connectivity index (χ3n) is 4.94. The number of carbonyl (C=O) groups is 2.